The van der Waals surface area contributed by atoms with Crippen LogP contribution in [0.5, 0.6) is 0 Å². The molecule has 1 saturated heterocycles. The van der Waals surface area contributed by atoms with Gasteiger partial charge in [0.15, 0.2) is 5.65 Å². The molecule has 0 radical (unpaired) electrons. The van der Waals surface area contributed by atoms with Gasteiger partial charge in [-0.15, -0.1) is 0 Å². The largest absolute Gasteiger partial charge is 0.366 e. The highest BCUT2D eigenvalue weighted by atomic mass is 19.1. The second-order valence-corrected chi connectivity index (χ2v) is 5.27. The highest BCUT2D eigenvalue weighted by Gasteiger charge is 2.21. The Kier molecular flexibility index (Phi) is 3.10. The monoisotopic (exact) mass is 298 g/mol. The van der Waals surface area contributed by atoms with Gasteiger partial charge in [0.05, 0.1) is 17.3 Å². The van der Waals surface area contributed by atoms with E-state index in [-0.39, 0.29) is 5.82 Å². The van der Waals surface area contributed by atoms with E-state index in [1.165, 1.54) is 6.07 Å². The maximum atomic E-state index is 13.8. The van der Waals surface area contributed by atoms with Crippen molar-refractivity contribution in [2.75, 3.05) is 36.0 Å². The second-order valence-electron chi connectivity index (χ2n) is 5.27. The van der Waals surface area contributed by atoms with Crippen LogP contribution in [-0.2, 0) is 0 Å². The summed E-state index contributed by atoms with van der Waals surface area (Å²) in [6.07, 6.45) is 3.47. The molecule has 3 aromatic rings. The first kappa shape index (κ1) is 13.0. The molecule has 0 aliphatic carbocycles. The van der Waals surface area contributed by atoms with E-state index >= 15 is 0 Å². The quantitative estimate of drug-likeness (QED) is 0.782. The predicted molar refractivity (Wildman–Crippen MR) is 82.5 cm³/mol. The number of nitrogens with zero attached hydrogens (tertiary/aromatic N) is 5. The van der Waals surface area contributed by atoms with Crippen LogP contribution >= 0.6 is 0 Å². The fraction of sp³-hybridized carbons (Fsp3) is 0.267. The average molecular weight is 298 g/mol. The number of halogens is 1. The number of piperazine rings is 1. The molecule has 1 fully saturated rings. The van der Waals surface area contributed by atoms with Crippen LogP contribution in [0.1, 0.15) is 0 Å². The molecule has 0 atom stereocenters. The van der Waals surface area contributed by atoms with Crippen LogP contribution in [0, 0.1) is 5.82 Å². The van der Waals surface area contributed by atoms with Crippen molar-refractivity contribution >= 4 is 22.7 Å². The van der Waals surface area contributed by atoms with E-state index in [1.54, 1.807) is 18.5 Å². The average Bonchev–Trinajstić information content (AvgIpc) is 3.03. The zero-order valence-electron chi connectivity index (χ0n) is 11.9. The molecule has 0 spiro atoms. The van der Waals surface area contributed by atoms with Gasteiger partial charge in [-0.25, -0.2) is 9.37 Å². The van der Waals surface area contributed by atoms with Crippen molar-refractivity contribution in [2.45, 2.75) is 0 Å². The molecule has 1 N–H and O–H groups in total. The molecule has 1 aliphatic rings. The van der Waals surface area contributed by atoms with E-state index in [9.17, 15) is 4.39 Å². The summed E-state index contributed by atoms with van der Waals surface area (Å²) >= 11 is 0. The lowest BCUT2D eigenvalue weighted by atomic mass is 10.2. The molecule has 7 heteroatoms. The van der Waals surface area contributed by atoms with Crippen LogP contribution in [0.25, 0.3) is 11.0 Å². The number of para-hydroxylation sites is 1. The number of fused-ring (bicyclic) bond motifs is 1. The van der Waals surface area contributed by atoms with Crippen molar-refractivity contribution in [2.24, 2.45) is 0 Å². The number of anilines is 2. The third-order valence-electron chi connectivity index (χ3n) is 3.93. The number of H-pyrrole nitrogens is 1. The van der Waals surface area contributed by atoms with Crippen molar-refractivity contribution in [1.82, 2.24) is 20.2 Å². The highest BCUT2D eigenvalue weighted by Crippen LogP contribution is 2.21. The van der Waals surface area contributed by atoms with Crippen molar-refractivity contribution in [3.8, 4) is 0 Å². The maximum Gasteiger partial charge on any atom is 0.227 e. The molecule has 3 heterocycles. The molecular formula is C15H15FN6. The summed E-state index contributed by atoms with van der Waals surface area (Å²) in [6.45, 7) is 3.00. The number of hydrogen-bond donors (Lipinski definition) is 1. The Balaban J connectivity index is 1.50. The molecular weight excluding hydrogens is 283 g/mol. The number of aromatic nitrogens is 4. The molecule has 0 amide bonds. The Hall–Kier alpha value is -2.70. The number of rotatable bonds is 2. The molecule has 2 aromatic heterocycles. The van der Waals surface area contributed by atoms with Crippen LogP contribution in [0.15, 0.2) is 36.7 Å². The maximum absolute atomic E-state index is 13.8. The molecule has 6 nitrogen and oxygen atoms in total. The van der Waals surface area contributed by atoms with Crippen LogP contribution in [0.3, 0.4) is 0 Å². The van der Waals surface area contributed by atoms with Gasteiger partial charge in [-0.1, -0.05) is 12.1 Å². The van der Waals surface area contributed by atoms with Crippen molar-refractivity contribution in [3.63, 3.8) is 0 Å². The lowest BCUT2D eigenvalue weighted by Crippen LogP contribution is -2.47. The first-order valence-electron chi connectivity index (χ1n) is 7.22. The van der Waals surface area contributed by atoms with E-state index in [4.69, 9.17) is 0 Å². The Morgan fingerprint density at radius 2 is 1.77 bits per heavy atom. The van der Waals surface area contributed by atoms with Gasteiger partial charge in [-0.05, 0) is 12.1 Å². The summed E-state index contributed by atoms with van der Waals surface area (Å²) in [4.78, 5) is 13.0. The fourth-order valence-electron chi connectivity index (χ4n) is 2.74. The van der Waals surface area contributed by atoms with E-state index in [1.807, 2.05) is 12.1 Å². The van der Waals surface area contributed by atoms with Crippen LogP contribution in [0.4, 0.5) is 16.0 Å². The van der Waals surface area contributed by atoms with Gasteiger partial charge in [0, 0.05) is 32.4 Å². The van der Waals surface area contributed by atoms with E-state index in [0.29, 0.717) is 11.6 Å². The minimum absolute atomic E-state index is 0.175. The standard InChI is InChI=1S/C15H15FN6/c16-12-3-1-2-4-13(12)21-5-7-22(8-6-21)15-17-9-11-10-18-20-14(11)19-15/h1-4,9-10H,5-8H2,(H,17,18,19,20). The third kappa shape index (κ3) is 2.24. The summed E-state index contributed by atoms with van der Waals surface area (Å²) in [7, 11) is 0. The molecule has 0 bridgehead atoms. The summed E-state index contributed by atoms with van der Waals surface area (Å²) in [5, 5.41) is 7.70. The smallest absolute Gasteiger partial charge is 0.227 e. The number of hydrogen-bond acceptors (Lipinski definition) is 5. The highest BCUT2D eigenvalue weighted by molar-refractivity contribution is 5.73. The van der Waals surface area contributed by atoms with Crippen molar-refractivity contribution in [3.05, 3.63) is 42.5 Å². The summed E-state index contributed by atoms with van der Waals surface area (Å²) in [5.74, 6) is 0.510. The van der Waals surface area contributed by atoms with Gasteiger partial charge in [0.1, 0.15) is 5.82 Å². The van der Waals surface area contributed by atoms with Crippen LogP contribution in [0.2, 0.25) is 0 Å². The molecule has 0 saturated carbocycles. The van der Waals surface area contributed by atoms with Gasteiger partial charge < -0.3 is 9.80 Å². The second kappa shape index (κ2) is 5.25. The first-order chi connectivity index (χ1) is 10.8. The lowest BCUT2D eigenvalue weighted by Gasteiger charge is -2.36. The van der Waals surface area contributed by atoms with E-state index < -0.39 is 0 Å². The zero-order valence-corrected chi connectivity index (χ0v) is 11.9. The van der Waals surface area contributed by atoms with Crippen LogP contribution in [-0.4, -0.2) is 46.3 Å². The summed E-state index contributed by atoms with van der Waals surface area (Å²) < 4.78 is 13.8. The Labute approximate surface area is 126 Å². The minimum Gasteiger partial charge on any atom is -0.366 e. The van der Waals surface area contributed by atoms with Crippen LogP contribution < -0.4 is 9.80 Å². The van der Waals surface area contributed by atoms with E-state index in [2.05, 4.69) is 30.0 Å². The SMILES string of the molecule is Fc1ccccc1N1CCN(c2ncc3cn[nH]c3n2)CC1. The fourth-order valence-corrected chi connectivity index (χ4v) is 2.74. The van der Waals surface area contributed by atoms with Gasteiger partial charge in [-0.3, -0.25) is 5.10 Å². The predicted octanol–water partition coefficient (Wildman–Crippen LogP) is 1.82. The third-order valence-corrected chi connectivity index (χ3v) is 3.93. The molecule has 1 aliphatic heterocycles. The molecule has 1 aromatic carbocycles. The Morgan fingerprint density at radius 3 is 2.59 bits per heavy atom. The number of benzene rings is 1. The number of aromatic amines is 1. The van der Waals surface area contributed by atoms with Gasteiger partial charge in [0.2, 0.25) is 5.95 Å². The van der Waals surface area contributed by atoms with Gasteiger partial charge >= 0.3 is 0 Å². The summed E-state index contributed by atoms with van der Waals surface area (Å²) in [5.41, 5.74) is 1.40. The zero-order chi connectivity index (χ0) is 14.9. The van der Waals surface area contributed by atoms with Gasteiger partial charge in [0.25, 0.3) is 0 Å². The molecule has 22 heavy (non-hydrogen) atoms. The van der Waals surface area contributed by atoms with Crippen molar-refractivity contribution < 1.29 is 4.39 Å². The summed E-state index contributed by atoms with van der Waals surface area (Å²) in [6, 6.07) is 6.89. The molecule has 0 unspecified atom stereocenters. The van der Waals surface area contributed by atoms with E-state index in [0.717, 1.165) is 37.2 Å². The Morgan fingerprint density at radius 1 is 1.00 bits per heavy atom. The van der Waals surface area contributed by atoms with Gasteiger partial charge in [-0.2, -0.15) is 10.1 Å². The normalized spacial score (nSPS) is 15.5. The van der Waals surface area contributed by atoms with Crippen molar-refractivity contribution in [1.29, 1.82) is 0 Å². The Bertz CT molecular complexity index is 793. The lowest BCUT2D eigenvalue weighted by molar-refractivity contribution is 0.594. The molecule has 112 valence electrons. The minimum atomic E-state index is -0.175. The topological polar surface area (TPSA) is 60.9 Å². The first-order valence-corrected chi connectivity index (χ1v) is 7.22. The number of nitrogens with one attached hydrogen (secondary N) is 1. The molecule has 4 rings (SSSR count).